The Morgan fingerprint density at radius 3 is 2.94 bits per heavy atom. The van der Waals surface area contributed by atoms with Crippen molar-refractivity contribution in [1.29, 1.82) is 0 Å². The Morgan fingerprint density at radius 2 is 2.38 bits per heavy atom. The molecular weight excluding hydrogens is 206 g/mol. The van der Waals surface area contributed by atoms with E-state index in [1.54, 1.807) is 0 Å². The van der Waals surface area contributed by atoms with E-state index >= 15 is 0 Å². The third kappa shape index (κ3) is 2.08. The lowest BCUT2D eigenvalue weighted by Crippen LogP contribution is -2.15. The van der Waals surface area contributed by atoms with Gasteiger partial charge in [0.2, 0.25) is 0 Å². The van der Waals surface area contributed by atoms with Crippen LogP contribution in [0, 0.1) is 5.41 Å². The highest BCUT2D eigenvalue weighted by Crippen LogP contribution is 2.44. The lowest BCUT2D eigenvalue weighted by molar-refractivity contribution is 0.0698. The lowest BCUT2D eigenvalue weighted by Gasteiger charge is -2.13. The first-order valence-corrected chi connectivity index (χ1v) is 5.23. The van der Waals surface area contributed by atoms with E-state index < -0.39 is 5.97 Å². The van der Waals surface area contributed by atoms with Crippen LogP contribution in [-0.2, 0) is 0 Å². The SMILES string of the molecule is CC1(CNc2nccc(C(=O)O)c2N)CC1. The number of nitrogens with one attached hydrogen (secondary N) is 1. The van der Waals surface area contributed by atoms with Gasteiger partial charge in [0, 0.05) is 12.7 Å². The molecule has 1 aromatic rings. The van der Waals surface area contributed by atoms with Crippen molar-refractivity contribution in [2.45, 2.75) is 19.8 Å². The summed E-state index contributed by atoms with van der Waals surface area (Å²) >= 11 is 0. The second-order valence-corrected chi connectivity index (χ2v) is 4.59. The monoisotopic (exact) mass is 221 g/mol. The Labute approximate surface area is 93.7 Å². The van der Waals surface area contributed by atoms with E-state index in [2.05, 4.69) is 17.2 Å². The summed E-state index contributed by atoms with van der Waals surface area (Å²) in [5.41, 5.74) is 6.36. The van der Waals surface area contributed by atoms with Gasteiger partial charge >= 0.3 is 5.97 Å². The number of carboxylic acids is 1. The maximum absolute atomic E-state index is 10.9. The van der Waals surface area contributed by atoms with Crippen LogP contribution in [0.2, 0.25) is 0 Å². The number of nitrogens with zero attached hydrogens (tertiary/aromatic N) is 1. The number of aromatic carboxylic acids is 1. The zero-order chi connectivity index (χ0) is 11.8. The number of pyridine rings is 1. The highest BCUT2D eigenvalue weighted by atomic mass is 16.4. The van der Waals surface area contributed by atoms with Crippen LogP contribution >= 0.6 is 0 Å². The molecule has 0 aliphatic heterocycles. The standard InChI is InChI=1S/C11H15N3O2/c1-11(3-4-11)6-14-9-8(12)7(10(15)16)2-5-13-9/h2,5H,3-4,6,12H2,1H3,(H,13,14)(H,15,16). The molecule has 1 heterocycles. The van der Waals surface area contributed by atoms with Crippen molar-refractivity contribution in [3.05, 3.63) is 17.8 Å². The number of rotatable bonds is 4. The maximum Gasteiger partial charge on any atom is 0.337 e. The minimum absolute atomic E-state index is 0.0958. The fourth-order valence-corrected chi connectivity index (χ4v) is 1.49. The van der Waals surface area contributed by atoms with Crippen molar-refractivity contribution in [1.82, 2.24) is 4.98 Å². The Bertz CT molecular complexity index is 427. The highest BCUT2D eigenvalue weighted by molar-refractivity contribution is 5.96. The van der Waals surface area contributed by atoms with Crippen molar-refractivity contribution < 1.29 is 9.90 Å². The van der Waals surface area contributed by atoms with Gasteiger partial charge in [-0.15, -0.1) is 0 Å². The molecule has 0 unspecified atom stereocenters. The molecule has 16 heavy (non-hydrogen) atoms. The Morgan fingerprint density at radius 1 is 1.69 bits per heavy atom. The molecule has 86 valence electrons. The third-order valence-corrected chi connectivity index (χ3v) is 3.01. The molecule has 0 spiro atoms. The van der Waals surface area contributed by atoms with Crippen LogP contribution in [0.4, 0.5) is 11.5 Å². The average molecular weight is 221 g/mol. The smallest absolute Gasteiger partial charge is 0.337 e. The molecule has 5 heteroatoms. The molecule has 1 aromatic heterocycles. The summed E-state index contributed by atoms with van der Waals surface area (Å²) in [5, 5.41) is 12.0. The first-order chi connectivity index (χ1) is 7.52. The van der Waals surface area contributed by atoms with E-state index in [-0.39, 0.29) is 11.3 Å². The van der Waals surface area contributed by atoms with Gasteiger partial charge in [-0.25, -0.2) is 9.78 Å². The summed E-state index contributed by atoms with van der Waals surface area (Å²) in [6, 6.07) is 1.40. The molecule has 5 nitrogen and oxygen atoms in total. The molecule has 1 fully saturated rings. The molecule has 0 bridgehead atoms. The first kappa shape index (κ1) is 10.7. The third-order valence-electron chi connectivity index (χ3n) is 3.01. The molecule has 0 aromatic carbocycles. The molecule has 0 radical (unpaired) electrons. The molecule has 1 aliphatic rings. The summed E-state index contributed by atoms with van der Waals surface area (Å²) in [7, 11) is 0. The van der Waals surface area contributed by atoms with Gasteiger partial charge in [0.05, 0.1) is 11.3 Å². The van der Waals surface area contributed by atoms with E-state index in [0.717, 1.165) is 6.54 Å². The van der Waals surface area contributed by atoms with Gasteiger partial charge in [0.15, 0.2) is 0 Å². The van der Waals surface area contributed by atoms with Gasteiger partial charge in [-0.1, -0.05) is 6.92 Å². The van der Waals surface area contributed by atoms with Crippen LogP contribution in [-0.4, -0.2) is 22.6 Å². The van der Waals surface area contributed by atoms with E-state index in [1.807, 2.05) is 0 Å². The Kier molecular flexibility index (Phi) is 2.46. The van der Waals surface area contributed by atoms with E-state index in [0.29, 0.717) is 11.2 Å². The van der Waals surface area contributed by atoms with E-state index in [4.69, 9.17) is 10.8 Å². The fraction of sp³-hybridized carbons (Fsp3) is 0.455. The number of nitrogen functional groups attached to an aromatic ring is 1. The second-order valence-electron chi connectivity index (χ2n) is 4.59. The fourth-order valence-electron chi connectivity index (χ4n) is 1.49. The molecule has 0 atom stereocenters. The number of aromatic nitrogens is 1. The second kappa shape index (κ2) is 3.66. The predicted molar refractivity (Wildman–Crippen MR) is 61.4 cm³/mol. The van der Waals surface area contributed by atoms with Crippen LogP contribution in [0.25, 0.3) is 0 Å². The summed E-state index contributed by atoms with van der Waals surface area (Å²) in [6.45, 7) is 2.96. The maximum atomic E-state index is 10.9. The summed E-state index contributed by atoms with van der Waals surface area (Å²) in [4.78, 5) is 14.9. The van der Waals surface area contributed by atoms with Crippen molar-refractivity contribution in [3.8, 4) is 0 Å². The number of carboxylic acid groups (broad SMARTS) is 1. The van der Waals surface area contributed by atoms with Crippen LogP contribution in [0.3, 0.4) is 0 Å². The molecular formula is C11H15N3O2. The van der Waals surface area contributed by atoms with Crippen LogP contribution < -0.4 is 11.1 Å². The summed E-state index contributed by atoms with van der Waals surface area (Å²) in [5.74, 6) is -0.561. The Hall–Kier alpha value is -1.78. The van der Waals surface area contributed by atoms with Gasteiger partial charge in [0.1, 0.15) is 5.82 Å². The van der Waals surface area contributed by atoms with Gasteiger partial charge in [-0.05, 0) is 24.3 Å². The lowest BCUT2D eigenvalue weighted by atomic mass is 10.1. The molecule has 4 N–H and O–H groups in total. The molecule has 0 saturated heterocycles. The van der Waals surface area contributed by atoms with Gasteiger partial charge in [-0.2, -0.15) is 0 Å². The van der Waals surface area contributed by atoms with Crippen molar-refractivity contribution >= 4 is 17.5 Å². The predicted octanol–water partition coefficient (Wildman–Crippen LogP) is 1.57. The number of hydrogen-bond donors (Lipinski definition) is 3. The number of anilines is 2. The van der Waals surface area contributed by atoms with Crippen molar-refractivity contribution in [3.63, 3.8) is 0 Å². The summed E-state index contributed by atoms with van der Waals surface area (Å²) in [6.07, 6.45) is 3.84. The molecule has 1 aliphatic carbocycles. The molecule has 0 amide bonds. The van der Waals surface area contributed by atoms with Crippen molar-refractivity contribution in [2.24, 2.45) is 5.41 Å². The van der Waals surface area contributed by atoms with Crippen LogP contribution in [0.1, 0.15) is 30.1 Å². The number of nitrogens with two attached hydrogens (primary N) is 1. The zero-order valence-electron chi connectivity index (χ0n) is 9.16. The topological polar surface area (TPSA) is 88.2 Å². The van der Waals surface area contributed by atoms with Crippen LogP contribution in [0.5, 0.6) is 0 Å². The summed E-state index contributed by atoms with van der Waals surface area (Å²) < 4.78 is 0. The zero-order valence-corrected chi connectivity index (χ0v) is 9.16. The minimum atomic E-state index is -1.03. The molecule has 1 saturated carbocycles. The minimum Gasteiger partial charge on any atom is -0.478 e. The highest BCUT2D eigenvalue weighted by Gasteiger charge is 2.37. The van der Waals surface area contributed by atoms with Gasteiger partial charge < -0.3 is 16.2 Å². The normalized spacial score (nSPS) is 16.8. The van der Waals surface area contributed by atoms with Gasteiger partial charge in [0.25, 0.3) is 0 Å². The number of carbonyl (C=O) groups is 1. The van der Waals surface area contributed by atoms with Crippen molar-refractivity contribution in [2.75, 3.05) is 17.6 Å². The van der Waals surface area contributed by atoms with Crippen LogP contribution in [0.15, 0.2) is 12.3 Å². The molecule has 2 rings (SSSR count). The van der Waals surface area contributed by atoms with E-state index in [1.165, 1.54) is 25.1 Å². The first-order valence-electron chi connectivity index (χ1n) is 5.23. The average Bonchev–Trinajstić information content (AvgIpc) is 2.95. The van der Waals surface area contributed by atoms with E-state index in [9.17, 15) is 4.79 Å². The Balaban J connectivity index is 2.14. The largest absolute Gasteiger partial charge is 0.478 e. The number of hydrogen-bond acceptors (Lipinski definition) is 4. The quantitative estimate of drug-likeness (QED) is 0.718. The van der Waals surface area contributed by atoms with Gasteiger partial charge in [-0.3, -0.25) is 0 Å².